The molecule has 2 aromatic rings. The molecule has 28 heavy (non-hydrogen) atoms. The van der Waals surface area contributed by atoms with Gasteiger partial charge in [0.2, 0.25) is 0 Å². The second kappa shape index (κ2) is 8.12. The highest BCUT2D eigenvalue weighted by Gasteiger charge is 2.30. The van der Waals surface area contributed by atoms with Gasteiger partial charge in [-0.15, -0.1) is 0 Å². The van der Waals surface area contributed by atoms with Crippen LogP contribution >= 0.6 is 0 Å². The Bertz CT molecular complexity index is 952. The van der Waals surface area contributed by atoms with E-state index in [0.717, 1.165) is 17.5 Å². The van der Waals surface area contributed by atoms with Crippen LogP contribution < -0.4 is 10.9 Å². The smallest absolute Gasteiger partial charge is 0.360 e. The van der Waals surface area contributed by atoms with Gasteiger partial charge in [0.25, 0.3) is 11.5 Å². The summed E-state index contributed by atoms with van der Waals surface area (Å²) in [5, 5.41) is 7.87. The maximum Gasteiger partial charge on any atom is 0.360 e. The first-order valence-electron chi connectivity index (χ1n) is 9.77. The molecule has 150 valence electrons. The number of esters is 1. The summed E-state index contributed by atoms with van der Waals surface area (Å²) in [4.78, 5) is 37.4. The van der Waals surface area contributed by atoms with Crippen LogP contribution in [0.25, 0.3) is 10.8 Å². The fourth-order valence-corrected chi connectivity index (χ4v) is 3.81. The van der Waals surface area contributed by atoms with Gasteiger partial charge in [-0.25, -0.2) is 9.48 Å². The molecule has 1 fully saturated rings. The van der Waals surface area contributed by atoms with Crippen LogP contribution in [-0.4, -0.2) is 33.8 Å². The van der Waals surface area contributed by atoms with E-state index in [0.29, 0.717) is 22.6 Å². The van der Waals surface area contributed by atoms with Gasteiger partial charge in [-0.3, -0.25) is 9.59 Å². The Morgan fingerprint density at radius 3 is 2.61 bits per heavy atom. The molecule has 3 rings (SSSR count). The third-order valence-electron chi connectivity index (χ3n) is 5.84. The SMILES string of the molecule is C[C@@H]1[C@H](C)CCC[C@@H]1NC(=O)[C@@H](C)OC(=O)c1nn(C)c(=O)c2ccccc12. The predicted molar refractivity (Wildman–Crippen MR) is 106 cm³/mol. The first-order valence-corrected chi connectivity index (χ1v) is 9.77. The molecular formula is C21H27N3O4. The van der Waals surface area contributed by atoms with E-state index in [1.165, 1.54) is 13.5 Å². The van der Waals surface area contributed by atoms with Crippen molar-refractivity contribution in [2.75, 3.05) is 0 Å². The molecule has 0 aliphatic heterocycles. The van der Waals surface area contributed by atoms with Crippen molar-refractivity contribution in [3.8, 4) is 0 Å². The molecule has 1 aliphatic rings. The van der Waals surface area contributed by atoms with Gasteiger partial charge in [0.15, 0.2) is 11.8 Å². The Hall–Kier alpha value is -2.70. The molecule has 1 amide bonds. The summed E-state index contributed by atoms with van der Waals surface area (Å²) in [6.45, 7) is 5.89. The van der Waals surface area contributed by atoms with E-state index < -0.39 is 12.1 Å². The highest BCUT2D eigenvalue weighted by Crippen LogP contribution is 2.29. The predicted octanol–water partition coefficient (Wildman–Crippen LogP) is 2.42. The van der Waals surface area contributed by atoms with Crippen LogP contribution in [0.4, 0.5) is 0 Å². The first kappa shape index (κ1) is 20.0. The van der Waals surface area contributed by atoms with Gasteiger partial charge >= 0.3 is 5.97 Å². The van der Waals surface area contributed by atoms with Gasteiger partial charge in [-0.05, 0) is 31.2 Å². The van der Waals surface area contributed by atoms with Crippen molar-refractivity contribution in [2.45, 2.75) is 52.2 Å². The molecule has 0 saturated heterocycles. The lowest BCUT2D eigenvalue weighted by molar-refractivity contribution is -0.130. The van der Waals surface area contributed by atoms with Gasteiger partial charge in [0.1, 0.15) is 0 Å². The fourth-order valence-electron chi connectivity index (χ4n) is 3.81. The maximum absolute atomic E-state index is 12.7. The summed E-state index contributed by atoms with van der Waals surface area (Å²) < 4.78 is 6.48. The Kier molecular flexibility index (Phi) is 5.82. The number of nitrogens with one attached hydrogen (secondary N) is 1. The van der Waals surface area contributed by atoms with Crippen molar-refractivity contribution in [2.24, 2.45) is 18.9 Å². The number of fused-ring (bicyclic) bond motifs is 1. The van der Waals surface area contributed by atoms with Crippen molar-refractivity contribution >= 4 is 22.6 Å². The minimum Gasteiger partial charge on any atom is -0.448 e. The minimum atomic E-state index is -0.949. The number of hydrogen-bond donors (Lipinski definition) is 1. The zero-order valence-electron chi connectivity index (χ0n) is 16.8. The standard InChI is InChI=1S/C21H27N3O4/c1-12-8-7-11-17(13(12)2)22-19(25)14(3)28-21(27)18-15-9-5-6-10-16(15)20(26)24(4)23-18/h5-6,9-10,12-14,17H,7-8,11H2,1-4H3,(H,22,25)/t12-,13-,14-,17+/m1/s1. The number of hydrogen-bond acceptors (Lipinski definition) is 5. The molecule has 1 aliphatic carbocycles. The van der Waals surface area contributed by atoms with Gasteiger partial charge in [-0.1, -0.05) is 44.9 Å². The summed E-state index contributed by atoms with van der Waals surface area (Å²) in [6, 6.07) is 6.83. The molecule has 1 aromatic carbocycles. The molecule has 1 heterocycles. The lowest BCUT2D eigenvalue weighted by Gasteiger charge is -2.35. The lowest BCUT2D eigenvalue weighted by Crippen LogP contribution is -2.47. The van der Waals surface area contributed by atoms with Gasteiger partial charge in [0.05, 0.1) is 5.39 Å². The van der Waals surface area contributed by atoms with Crippen LogP contribution in [0.5, 0.6) is 0 Å². The van der Waals surface area contributed by atoms with E-state index in [2.05, 4.69) is 24.3 Å². The van der Waals surface area contributed by atoms with Crippen molar-refractivity contribution < 1.29 is 14.3 Å². The molecule has 0 bridgehead atoms. The Labute approximate surface area is 164 Å². The normalized spacial score (nSPS) is 23.2. The van der Waals surface area contributed by atoms with E-state index in [1.54, 1.807) is 31.2 Å². The third kappa shape index (κ3) is 3.93. The summed E-state index contributed by atoms with van der Waals surface area (Å²) in [6.07, 6.45) is 2.24. The lowest BCUT2D eigenvalue weighted by atomic mass is 9.78. The average molecular weight is 385 g/mol. The molecule has 1 aromatic heterocycles. The number of amides is 1. The highest BCUT2D eigenvalue weighted by molar-refractivity contribution is 6.02. The maximum atomic E-state index is 12.7. The largest absolute Gasteiger partial charge is 0.448 e. The zero-order chi connectivity index (χ0) is 20.4. The Balaban J connectivity index is 1.74. The van der Waals surface area contributed by atoms with Crippen molar-refractivity contribution in [3.05, 3.63) is 40.3 Å². The van der Waals surface area contributed by atoms with Crippen LogP contribution in [0, 0.1) is 11.8 Å². The number of ether oxygens (including phenoxy) is 1. The summed E-state index contributed by atoms with van der Waals surface area (Å²) in [5.41, 5.74) is -0.268. The minimum absolute atomic E-state index is 0.0250. The third-order valence-corrected chi connectivity index (χ3v) is 5.84. The average Bonchev–Trinajstić information content (AvgIpc) is 2.68. The summed E-state index contributed by atoms with van der Waals surface area (Å²) in [5.74, 6) is -0.0964. The zero-order valence-corrected chi connectivity index (χ0v) is 16.8. The summed E-state index contributed by atoms with van der Waals surface area (Å²) >= 11 is 0. The molecule has 0 spiro atoms. The number of aryl methyl sites for hydroxylation is 1. The number of nitrogens with zero attached hydrogens (tertiary/aromatic N) is 2. The van der Waals surface area contributed by atoms with Crippen LogP contribution in [0.1, 0.15) is 50.5 Å². The quantitative estimate of drug-likeness (QED) is 0.817. The van der Waals surface area contributed by atoms with Crippen LogP contribution in [0.2, 0.25) is 0 Å². The molecule has 7 nitrogen and oxygen atoms in total. The Morgan fingerprint density at radius 2 is 1.89 bits per heavy atom. The molecule has 1 N–H and O–H groups in total. The Morgan fingerprint density at radius 1 is 1.21 bits per heavy atom. The monoisotopic (exact) mass is 385 g/mol. The van der Waals surface area contributed by atoms with E-state index >= 15 is 0 Å². The molecular weight excluding hydrogens is 358 g/mol. The van der Waals surface area contributed by atoms with Gasteiger partial charge in [-0.2, -0.15) is 5.10 Å². The van der Waals surface area contributed by atoms with Gasteiger partial charge in [0, 0.05) is 18.5 Å². The van der Waals surface area contributed by atoms with Crippen LogP contribution in [-0.2, 0) is 16.6 Å². The number of benzene rings is 1. The second-order valence-corrected chi connectivity index (χ2v) is 7.75. The molecule has 0 unspecified atom stereocenters. The van der Waals surface area contributed by atoms with E-state index in [4.69, 9.17) is 4.74 Å². The number of carbonyl (C=O) groups excluding carboxylic acids is 2. The molecule has 4 atom stereocenters. The topological polar surface area (TPSA) is 90.3 Å². The molecule has 1 saturated carbocycles. The molecule has 7 heteroatoms. The van der Waals surface area contributed by atoms with Crippen molar-refractivity contribution in [1.29, 1.82) is 0 Å². The first-order chi connectivity index (χ1) is 13.3. The second-order valence-electron chi connectivity index (χ2n) is 7.75. The number of rotatable bonds is 4. The van der Waals surface area contributed by atoms with Crippen molar-refractivity contribution in [1.82, 2.24) is 15.1 Å². The summed E-state index contributed by atoms with van der Waals surface area (Å²) in [7, 11) is 1.48. The highest BCUT2D eigenvalue weighted by atomic mass is 16.5. The van der Waals surface area contributed by atoms with Crippen molar-refractivity contribution in [3.63, 3.8) is 0 Å². The fraction of sp³-hybridized carbons (Fsp3) is 0.524. The molecule has 0 radical (unpaired) electrons. The van der Waals surface area contributed by atoms with E-state index in [9.17, 15) is 14.4 Å². The van der Waals surface area contributed by atoms with Gasteiger partial charge < -0.3 is 10.1 Å². The van der Waals surface area contributed by atoms with E-state index in [-0.39, 0.29) is 23.2 Å². The van der Waals surface area contributed by atoms with E-state index in [1.807, 2.05) is 0 Å². The van der Waals surface area contributed by atoms with Crippen LogP contribution in [0.15, 0.2) is 29.1 Å². The number of aromatic nitrogens is 2. The van der Waals surface area contributed by atoms with Crippen LogP contribution in [0.3, 0.4) is 0 Å². The number of carbonyl (C=O) groups is 2.